The molecule has 0 aliphatic rings. The molecule has 1 aromatic heterocycles. The Balaban J connectivity index is 0.00000312. The van der Waals surface area contributed by atoms with Crippen LogP contribution in [0.1, 0.15) is 29.8 Å². The maximum atomic E-state index is 5.65. The highest BCUT2D eigenvalue weighted by Crippen LogP contribution is 2.08. The van der Waals surface area contributed by atoms with Crippen LogP contribution in [0.2, 0.25) is 0 Å². The highest BCUT2D eigenvalue weighted by atomic mass is 127. The molecule has 0 fully saturated rings. The van der Waals surface area contributed by atoms with Gasteiger partial charge in [0, 0.05) is 13.1 Å². The summed E-state index contributed by atoms with van der Waals surface area (Å²) in [5, 5.41) is 6.44. The largest absolute Gasteiger partial charge is 0.444 e. The SMILES string of the molecule is CCNC(=NCc1nc(C)c(C)o1)NCCOCc1ccccc1.I. The van der Waals surface area contributed by atoms with Crippen molar-refractivity contribution in [3.05, 3.63) is 53.2 Å². The van der Waals surface area contributed by atoms with Crippen LogP contribution in [-0.2, 0) is 17.9 Å². The van der Waals surface area contributed by atoms with Crippen molar-refractivity contribution in [3.63, 3.8) is 0 Å². The van der Waals surface area contributed by atoms with E-state index >= 15 is 0 Å². The van der Waals surface area contributed by atoms with Crippen molar-refractivity contribution in [3.8, 4) is 0 Å². The summed E-state index contributed by atoms with van der Waals surface area (Å²) in [7, 11) is 0. The lowest BCUT2D eigenvalue weighted by atomic mass is 10.2. The van der Waals surface area contributed by atoms with Gasteiger partial charge in [-0.2, -0.15) is 0 Å². The van der Waals surface area contributed by atoms with Crippen molar-refractivity contribution in [1.29, 1.82) is 0 Å². The number of guanidine groups is 1. The molecular weight excluding hydrogens is 431 g/mol. The summed E-state index contributed by atoms with van der Waals surface area (Å²) in [6.07, 6.45) is 0. The maximum absolute atomic E-state index is 5.65. The van der Waals surface area contributed by atoms with Gasteiger partial charge in [-0.05, 0) is 26.3 Å². The average molecular weight is 458 g/mol. The van der Waals surface area contributed by atoms with Gasteiger partial charge in [0.15, 0.2) is 5.96 Å². The molecule has 0 aliphatic carbocycles. The Hall–Kier alpha value is -1.61. The van der Waals surface area contributed by atoms with Crippen LogP contribution in [0.4, 0.5) is 0 Å². The molecule has 0 atom stereocenters. The molecule has 0 saturated carbocycles. The van der Waals surface area contributed by atoms with Gasteiger partial charge in [-0.15, -0.1) is 24.0 Å². The van der Waals surface area contributed by atoms with Crippen molar-refractivity contribution in [2.24, 2.45) is 4.99 Å². The van der Waals surface area contributed by atoms with Crippen LogP contribution in [0.5, 0.6) is 0 Å². The third kappa shape index (κ3) is 7.87. The minimum atomic E-state index is 0. The van der Waals surface area contributed by atoms with Crippen LogP contribution in [-0.4, -0.2) is 30.6 Å². The lowest BCUT2D eigenvalue weighted by molar-refractivity contribution is 0.125. The zero-order valence-electron chi connectivity index (χ0n) is 15.0. The number of ether oxygens (including phenoxy) is 1. The molecule has 0 spiro atoms. The zero-order valence-corrected chi connectivity index (χ0v) is 17.4. The van der Waals surface area contributed by atoms with Crippen LogP contribution in [0.15, 0.2) is 39.7 Å². The summed E-state index contributed by atoms with van der Waals surface area (Å²) < 4.78 is 11.2. The van der Waals surface area contributed by atoms with Crippen LogP contribution in [0.25, 0.3) is 0 Å². The monoisotopic (exact) mass is 458 g/mol. The Labute approximate surface area is 166 Å². The topological polar surface area (TPSA) is 71.7 Å². The molecule has 2 N–H and O–H groups in total. The van der Waals surface area contributed by atoms with Crippen LogP contribution < -0.4 is 10.6 Å². The minimum absolute atomic E-state index is 0. The van der Waals surface area contributed by atoms with E-state index in [9.17, 15) is 0 Å². The van der Waals surface area contributed by atoms with Crippen molar-refractivity contribution < 1.29 is 9.15 Å². The quantitative estimate of drug-likeness (QED) is 0.275. The number of benzene rings is 1. The number of aryl methyl sites for hydroxylation is 2. The maximum Gasteiger partial charge on any atom is 0.216 e. The van der Waals surface area contributed by atoms with Crippen molar-refractivity contribution in [1.82, 2.24) is 15.6 Å². The van der Waals surface area contributed by atoms with Crippen LogP contribution >= 0.6 is 24.0 Å². The number of rotatable bonds is 8. The van der Waals surface area contributed by atoms with Gasteiger partial charge in [0.05, 0.1) is 18.9 Å². The van der Waals surface area contributed by atoms with Crippen LogP contribution in [0.3, 0.4) is 0 Å². The van der Waals surface area contributed by atoms with Gasteiger partial charge in [0.1, 0.15) is 12.3 Å². The second-order valence-electron chi connectivity index (χ2n) is 5.41. The molecule has 0 bridgehead atoms. The number of aliphatic imine (C=N–C) groups is 1. The molecule has 0 saturated heterocycles. The molecule has 138 valence electrons. The van der Waals surface area contributed by atoms with Gasteiger partial charge < -0.3 is 19.8 Å². The highest BCUT2D eigenvalue weighted by Gasteiger charge is 2.05. The fourth-order valence-corrected chi connectivity index (χ4v) is 2.10. The highest BCUT2D eigenvalue weighted by molar-refractivity contribution is 14.0. The number of nitrogens with zero attached hydrogens (tertiary/aromatic N) is 2. The Morgan fingerprint density at radius 3 is 2.60 bits per heavy atom. The predicted octanol–water partition coefficient (Wildman–Crippen LogP) is 3.18. The summed E-state index contributed by atoms with van der Waals surface area (Å²) in [5.74, 6) is 2.20. The first kappa shape index (κ1) is 21.4. The van der Waals surface area contributed by atoms with Gasteiger partial charge in [-0.1, -0.05) is 30.3 Å². The molecule has 0 aliphatic heterocycles. The van der Waals surface area contributed by atoms with Crippen LogP contribution in [0, 0.1) is 13.8 Å². The lowest BCUT2D eigenvalue weighted by Gasteiger charge is -2.11. The molecule has 1 aromatic carbocycles. The first-order chi connectivity index (χ1) is 11.7. The lowest BCUT2D eigenvalue weighted by Crippen LogP contribution is -2.39. The summed E-state index contributed by atoms with van der Waals surface area (Å²) >= 11 is 0. The van der Waals surface area contributed by atoms with E-state index in [0.29, 0.717) is 32.2 Å². The molecule has 0 radical (unpaired) electrons. The molecule has 2 aromatic rings. The fourth-order valence-electron chi connectivity index (χ4n) is 2.10. The van der Waals surface area contributed by atoms with Gasteiger partial charge in [0.25, 0.3) is 0 Å². The Morgan fingerprint density at radius 2 is 1.96 bits per heavy atom. The van der Waals surface area contributed by atoms with E-state index in [1.165, 1.54) is 5.56 Å². The van der Waals surface area contributed by atoms with E-state index in [-0.39, 0.29) is 24.0 Å². The van der Waals surface area contributed by atoms with Gasteiger partial charge in [-0.25, -0.2) is 9.98 Å². The fraction of sp³-hybridized carbons (Fsp3) is 0.444. The molecule has 0 unspecified atom stereocenters. The summed E-state index contributed by atoms with van der Waals surface area (Å²) in [6, 6.07) is 10.1. The molecular formula is C18H27IN4O2. The second kappa shape index (κ2) is 11.9. The molecule has 0 amide bonds. The third-order valence-corrected chi connectivity index (χ3v) is 3.44. The summed E-state index contributed by atoms with van der Waals surface area (Å²) in [4.78, 5) is 8.81. The Kier molecular flexibility index (Phi) is 10.2. The van der Waals surface area contributed by atoms with Crippen molar-refractivity contribution >= 4 is 29.9 Å². The Morgan fingerprint density at radius 1 is 1.20 bits per heavy atom. The molecule has 2 rings (SSSR count). The summed E-state index contributed by atoms with van der Waals surface area (Å²) in [5.41, 5.74) is 2.08. The minimum Gasteiger partial charge on any atom is -0.444 e. The first-order valence-electron chi connectivity index (χ1n) is 8.25. The van der Waals surface area contributed by atoms with Gasteiger partial charge in [-0.3, -0.25) is 0 Å². The van der Waals surface area contributed by atoms with E-state index in [2.05, 4.69) is 32.7 Å². The van der Waals surface area contributed by atoms with E-state index in [1.54, 1.807) is 0 Å². The first-order valence-corrected chi connectivity index (χ1v) is 8.25. The molecule has 6 nitrogen and oxygen atoms in total. The van der Waals surface area contributed by atoms with Crippen molar-refractivity contribution in [2.45, 2.75) is 33.9 Å². The van der Waals surface area contributed by atoms with E-state index in [4.69, 9.17) is 9.15 Å². The van der Waals surface area contributed by atoms with Crippen molar-refractivity contribution in [2.75, 3.05) is 19.7 Å². The standard InChI is InChI=1S/C18H26N4O2.HI/c1-4-19-18(21-12-17-22-14(2)15(3)24-17)20-10-11-23-13-16-8-6-5-7-9-16;/h5-9H,4,10-13H2,1-3H3,(H2,19,20,21);1H. The molecule has 7 heteroatoms. The number of oxazole rings is 1. The van der Waals surface area contributed by atoms with E-state index in [0.717, 1.165) is 24.0 Å². The normalized spacial score (nSPS) is 11.1. The smallest absolute Gasteiger partial charge is 0.216 e. The third-order valence-electron chi connectivity index (χ3n) is 3.44. The number of nitrogens with one attached hydrogen (secondary N) is 2. The molecule has 1 heterocycles. The van der Waals surface area contributed by atoms with Gasteiger partial charge >= 0.3 is 0 Å². The number of hydrogen-bond acceptors (Lipinski definition) is 4. The Bertz CT molecular complexity index is 624. The van der Waals surface area contributed by atoms with E-state index in [1.807, 2.05) is 39.0 Å². The zero-order chi connectivity index (χ0) is 17.2. The number of halogens is 1. The predicted molar refractivity (Wildman–Crippen MR) is 110 cm³/mol. The second-order valence-corrected chi connectivity index (χ2v) is 5.41. The van der Waals surface area contributed by atoms with Gasteiger partial charge in [0.2, 0.25) is 5.89 Å². The average Bonchev–Trinajstić information content (AvgIpc) is 2.91. The molecule has 25 heavy (non-hydrogen) atoms. The van der Waals surface area contributed by atoms with E-state index < -0.39 is 0 Å². The summed E-state index contributed by atoms with van der Waals surface area (Å²) in [6.45, 7) is 8.98. The number of aromatic nitrogens is 1. The number of hydrogen-bond donors (Lipinski definition) is 2.